The first-order chi connectivity index (χ1) is 8.29. The van der Waals surface area contributed by atoms with E-state index in [0.717, 1.165) is 32.5 Å². The van der Waals surface area contributed by atoms with Crippen molar-refractivity contribution in [1.82, 2.24) is 5.32 Å². The number of anilines is 1. The molecule has 0 atom stereocenters. The van der Waals surface area contributed by atoms with E-state index in [9.17, 15) is 4.79 Å². The molecular formula is C14H20N2O. The van der Waals surface area contributed by atoms with Gasteiger partial charge >= 0.3 is 0 Å². The van der Waals surface area contributed by atoms with Crippen molar-refractivity contribution in [3.63, 3.8) is 0 Å². The number of nitrogens with zero attached hydrogens (tertiary/aromatic N) is 1. The predicted octanol–water partition coefficient (Wildman–Crippen LogP) is 1.97. The van der Waals surface area contributed by atoms with Gasteiger partial charge in [0.2, 0.25) is 5.91 Å². The van der Waals surface area contributed by atoms with Crippen LogP contribution in [-0.2, 0) is 11.2 Å². The van der Waals surface area contributed by atoms with Gasteiger partial charge in [-0.15, -0.1) is 0 Å². The molecule has 0 aliphatic carbocycles. The van der Waals surface area contributed by atoms with Crippen LogP contribution in [-0.4, -0.2) is 25.5 Å². The zero-order valence-electron chi connectivity index (χ0n) is 10.4. The van der Waals surface area contributed by atoms with Crippen LogP contribution < -0.4 is 10.2 Å². The Morgan fingerprint density at radius 3 is 2.71 bits per heavy atom. The van der Waals surface area contributed by atoms with Gasteiger partial charge in [-0.05, 0) is 30.5 Å². The Kier molecular flexibility index (Phi) is 4.02. The molecule has 0 spiro atoms. The molecule has 1 saturated heterocycles. The van der Waals surface area contributed by atoms with E-state index in [-0.39, 0.29) is 5.91 Å². The molecule has 0 radical (unpaired) electrons. The van der Waals surface area contributed by atoms with Crippen LogP contribution in [0, 0.1) is 0 Å². The fraction of sp³-hybridized carbons (Fsp3) is 0.500. The average molecular weight is 232 g/mol. The van der Waals surface area contributed by atoms with Crippen molar-refractivity contribution in [2.75, 3.05) is 24.5 Å². The molecule has 1 amide bonds. The monoisotopic (exact) mass is 232 g/mol. The number of nitrogens with one attached hydrogen (secondary N) is 1. The van der Waals surface area contributed by atoms with E-state index in [2.05, 4.69) is 41.4 Å². The smallest absolute Gasteiger partial charge is 0.220 e. The molecule has 1 aliphatic heterocycles. The van der Waals surface area contributed by atoms with Crippen LogP contribution in [0.4, 0.5) is 5.69 Å². The summed E-state index contributed by atoms with van der Waals surface area (Å²) in [7, 11) is 0. The van der Waals surface area contributed by atoms with Gasteiger partial charge in [0.25, 0.3) is 0 Å². The van der Waals surface area contributed by atoms with Crippen molar-refractivity contribution < 1.29 is 4.79 Å². The third kappa shape index (κ3) is 3.22. The number of aryl methyl sites for hydroxylation is 1. The fourth-order valence-corrected chi connectivity index (χ4v) is 2.16. The fourth-order valence-electron chi connectivity index (χ4n) is 2.16. The zero-order valence-corrected chi connectivity index (χ0v) is 10.4. The number of hydrogen-bond acceptors (Lipinski definition) is 2. The molecule has 1 N–H and O–H groups in total. The van der Waals surface area contributed by atoms with Gasteiger partial charge in [-0.1, -0.05) is 19.1 Å². The van der Waals surface area contributed by atoms with E-state index in [1.54, 1.807) is 0 Å². The summed E-state index contributed by atoms with van der Waals surface area (Å²) in [4.78, 5) is 13.6. The lowest BCUT2D eigenvalue weighted by Crippen LogP contribution is -2.38. The first-order valence-corrected chi connectivity index (χ1v) is 6.40. The van der Waals surface area contributed by atoms with Crippen LogP contribution in [0.25, 0.3) is 0 Å². The highest BCUT2D eigenvalue weighted by Gasteiger charge is 2.11. The van der Waals surface area contributed by atoms with E-state index in [1.807, 2.05) is 0 Å². The summed E-state index contributed by atoms with van der Waals surface area (Å²) in [5.74, 6) is 0.186. The number of carbonyl (C=O) groups is 1. The Morgan fingerprint density at radius 2 is 2.00 bits per heavy atom. The van der Waals surface area contributed by atoms with Crippen LogP contribution in [0.15, 0.2) is 24.3 Å². The minimum Gasteiger partial charge on any atom is -0.370 e. The molecular weight excluding hydrogens is 212 g/mol. The lowest BCUT2D eigenvalue weighted by atomic mass is 10.1. The lowest BCUT2D eigenvalue weighted by Gasteiger charge is -2.27. The maximum atomic E-state index is 11.2. The van der Waals surface area contributed by atoms with Crippen molar-refractivity contribution in [2.45, 2.75) is 26.2 Å². The summed E-state index contributed by atoms with van der Waals surface area (Å²) in [6, 6.07) is 8.74. The summed E-state index contributed by atoms with van der Waals surface area (Å²) in [5, 5.41) is 2.93. The van der Waals surface area contributed by atoms with Gasteiger partial charge in [0.05, 0.1) is 0 Å². The highest BCUT2D eigenvalue weighted by atomic mass is 16.1. The van der Waals surface area contributed by atoms with Gasteiger partial charge in [-0.3, -0.25) is 4.79 Å². The molecule has 92 valence electrons. The molecule has 17 heavy (non-hydrogen) atoms. The number of rotatable bonds is 2. The Balaban J connectivity index is 2.02. The SMILES string of the molecule is CCc1ccc(N2CCCC(=O)NCC2)cc1. The molecule has 0 saturated carbocycles. The number of carbonyl (C=O) groups excluding carboxylic acids is 1. The summed E-state index contributed by atoms with van der Waals surface area (Å²) < 4.78 is 0. The summed E-state index contributed by atoms with van der Waals surface area (Å²) in [6.07, 6.45) is 2.65. The third-order valence-electron chi connectivity index (χ3n) is 3.25. The van der Waals surface area contributed by atoms with Gasteiger partial charge in [0.15, 0.2) is 0 Å². The molecule has 3 heteroatoms. The highest BCUT2D eigenvalue weighted by Crippen LogP contribution is 2.16. The predicted molar refractivity (Wildman–Crippen MR) is 70.3 cm³/mol. The molecule has 0 unspecified atom stereocenters. The molecule has 1 heterocycles. The minimum atomic E-state index is 0.186. The molecule has 1 aromatic rings. The quantitative estimate of drug-likeness (QED) is 0.845. The summed E-state index contributed by atoms with van der Waals surface area (Å²) >= 11 is 0. The van der Waals surface area contributed by atoms with E-state index in [0.29, 0.717) is 6.42 Å². The topological polar surface area (TPSA) is 32.3 Å². The van der Waals surface area contributed by atoms with Gasteiger partial charge in [0.1, 0.15) is 0 Å². The minimum absolute atomic E-state index is 0.186. The maximum absolute atomic E-state index is 11.2. The Bertz CT molecular complexity index is 360. The molecule has 1 aliphatic rings. The summed E-state index contributed by atoms with van der Waals surface area (Å²) in [5.41, 5.74) is 2.63. The van der Waals surface area contributed by atoms with Crippen molar-refractivity contribution in [3.8, 4) is 0 Å². The summed E-state index contributed by atoms with van der Waals surface area (Å²) in [6.45, 7) is 4.78. The van der Waals surface area contributed by atoms with Gasteiger partial charge in [-0.25, -0.2) is 0 Å². The van der Waals surface area contributed by atoms with Crippen LogP contribution in [0.3, 0.4) is 0 Å². The second kappa shape index (κ2) is 5.71. The second-order valence-corrected chi connectivity index (χ2v) is 4.46. The van der Waals surface area contributed by atoms with Crippen molar-refractivity contribution in [3.05, 3.63) is 29.8 Å². The van der Waals surface area contributed by atoms with Crippen LogP contribution in [0.5, 0.6) is 0 Å². The van der Waals surface area contributed by atoms with Crippen molar-refractivity contribution in [1.29, 1.82) is 0 Å². The van der Waals surface area contributed by atoms with E-state index in [4.69, 9.17) is 0 Å². The Labute approximate surface area is 103 Å². The van der Waals surface area contributed by atoms with Crippen LogP contribution >= 0.6 is 0 Å². The largest absolute Gasteiger partial charge is 0.370 e. The molecule has 2 rings (SSSR count). The number of amides is 1. The Morgan fingerprint density at radius 1 is 1.24 bits per heavy atom. The third-order valence-corrected chi connectivity index (χ3v) is 3.25. The number of benzene rings is 1. The molecule has 0 bridgehead atoms. The second-order valence-electron chi connectivity index (χ2n) is 4.46. The van der Waals surface area contributed by atoms with Crippen LogP contribution in [0.1, 0.15) is 25.3 Å². The highest BCUT2D eigenvalue weighted by molar-refractivity contribution is 5.76. The van der Waals surface area contributed by atoms with Gasteiger partial charge < -0.3 is 10.2 Å². The van der Waals surface area contributed by atoms with Gasteiger partial charge in [0, 0.05) is 31.7 Å². The molecule has 3 nitrogen and oxygen atoms in total. The van der Waals surface area contributed by atoms with Crippen molar-refractivity contribution in [2.24, 2.45) is 0 Å². The van der Waals surface area contributed by atoms with E-state index in [1.165, 1.54) is 11.3 Å². The van der Waals surface area contributed by atoms with E-state index < -0.39 is 0 Å². The van der Waals surface area contributed by atoms with Crippen molar-refractivity contribution >= 4 is 11.6 Å². The van der Waals surface area contributed by atoms with Crippen LogP contribution in [0.2, 0.25) is 0 Å². The number of hydrogen-bond donors (Lipinski definition) is 1. The average Bonchev–Trinajstić information content (AvgIpc) is 2.34. The van der Waals surface area contributed by atoms with E-state index >= 15 is 0 Å². The first-order valence-electron chi connectivity index (χ1n) is 6.40. The zero-order chi connectivity index (χ0) is 12.1. The molecule has 1 fully saturated rings. The first kappa shape index (κ1) is 12.0. The molecule has 0 aromatic heterocycles. The van der Waals surface area contributed by atoms with Gasteiger partial charge in [-0.2, -0.15) is 0 Å². The normalized spacial score (nSPS) is 17.2. The standard InChI is InChI=1S/C14H20N2O/c1-2-12-5-7-13(8-6-12)16-10-3-4-14(17)15-9-11-16/h5-8H,2-4,9-11H2,1H3,(H,15,17). The lowest BCUT2D eigenvalue weighted by molar-refractivity contribution is -0.121. The maximum Gasteiger partial charge on any atom is 0.220 e. The Hall–Kier alpha value is -1.51. The molecule has 1 aromatic carbocycles.